The highest BCUT2D eigenvalue weighted by Crippen LogP contribution is 2.17. The van der Waals surface area contributed by atoms with Crippen molar-refractivity contribution in [3.05, 3.63) is 41.3 Å². The molecule has 1 aliphatic heterocycles. The monoisotopic (exact) mass is 340 g/mol. The molecule has 0 bridgehead atoms. The molecule has 3 heterocycles. The van der Waals surface area contributed by atoms with Crippen LogP contribution in [0.2, 0.25) is 0 Å². The van der Waals surface area contributed by atoms with Crippen molar-refractivity contribution in [3.63, 3.8) is 0 Å². The maximum Gasteiger partial charge on any atom is 0.227 e. The zero-order chi connectivity index (χ0) is 17.8. The van der Waals surface area contributed by atoms with Gasteiger partial charge in [-0.3, -0.25) is 9.88 Å². The summed E-state index contributed by atoms with van der Waals surface area (Å²) < 4.78 is 0. The molecule has 0 radical (unpaired) electrons. The van der Waals surface area contributed by atoms with E-state index in [0.29, 0.717) is 0 Å². The van der Waals surface area contributed by atoms with Crippen LogP contribution in [0.15, 0.2) is 24.3 Å². The molecule has 0 aliphatic carbocycles. The van der Waals surface area contributed by atoms with Gasteiger partial charge in [0, 0.05) is 76.4 Å². The summed E-state index contributed by atoms with van der Waals surface area (Å²) in [4.78, 5) is 20.7. The summed E-state index contributed by atoms with van der Waals surface area (Å²) in [5.74, 6) is 1.82. The summed E-state index contributed by atoms with van der Waals surface area (Å²) in [6, 6.07) is 8.28. The molecule has 1 fully saturated rings. The van der Waals surface area contributed by atoms with Crippen LogP contribution in [-0.4, -0.2) is 66.7 Å². The van der Waals surface area contributed by atoms with E-state index in [2.05, 4.69) is 31.9 Å². The van der Waals surface area contributed by atoms with Gasteiger partial charge in [-0.25, -0.2) is 4.98 Å². The summed E-state index contributed by atoms with van der Waals surface area (Å²) >= 11 is 0. The fourth-order valence-electron chi connectivity index (χ4n) is 3.09. The van der Waals surface area contributed by atoms with Gasteiger partial charge in [0.25, 0.3) is 0 Å². The van der Waals surface area contributed by atoms with Gasteiger partial charge >= 0.3 is 0 Å². The molecular formula is C19H28N6. The minimum atomic E-state index is 0.851. The van der Waals surface area contributed by atoms with Crippen molar-refractivity contribution >= 4 is 11.8 Å². The fraction of sp³-hybridized carbons (Fsp3) is 0.526. The number of hydrogen-bond acceptors (Lipinski definition) is 6. The van der Waals surface area contributed by atoms with Crippen LogP contribution in [0.4, 0.5) is 11.8 Å². The molecule has 0 aromatic carbocycles. The van der Waals surface area contributed by atoms with Crippen LogP contribution in [0.1, 0.15) is 17.1 Å². The SMILES string of the molecule is Cc1cccc(CCN2CCN(c3nc(C)cc(N(C)C)n3)CC2)n1. The molecule has 1 aliphatic rings. The third-order valence-corrected chi connectivity index (χ3v) is 4.57. The minimum Gasteiger partial charge on any atom is -0.363 e. The number of hydrogen-bond donors (Lipinski definition) is 0. The minimum absolute atomic E-state index is 0.851. The van der Waals surface area contributed by atoms with E-state index in [-0.39, 0.29) is 0 Å². The smallest absolute Gasteiger partial charge is 0.227 e. The van der Waals surface area contributed by atoms with E-state index < -0.39 is 0 Å². The van der Waals surface area contributed by atoms with Gasteiger partial charge in [-0.05, 0) is 26.0 Å². The molecule has 25 heavy (non-hydrogen) atoms. The highest BCUT2D eigenvalue weighted by atomic mass is 15.3. The maximum atomic E-state index is 4.70. The number of piperazine rings is 1. The molecule has 0 saturated carbocycles. The Hall–Kier alpha value is -2.21. The van der Waals surface area contributed by atoms with Crippen molar-refractivity contribution in [3.8, 4) is 0 Å². The summed E-state index contributed by atoms with van der Waals surface area (Å²) in [5.41, 5.74) is 3.29. The second kappa shape index (κ2) is 7.78. The first-order valence-electron chi connectivity index (χ1n) is 8.94. The van der Waals surface area contributed by atoms with Crippen molar-refractivity contribution in [2.45, 2.75) is 20.3 Å². The predicted octanol–water partition coefficient (Wildman–Crippen LogP) is 1.92. The van der Waals surface area contributed by atoms with Crippen molar-refractivity contribution in [2.75, 3.05) is 56.6 Å². The van der Waals surface area contributed by atoms with Gasteiger partial charge in [0.1, 0.15) is 5.82 Å². The third kappa shape index (κ3) is 4.66. The average Bonchev–Trinajstić information content (AvgIpc) is 2.60. The zero-order valence-corrected chi connectivity index (χ0v) is 15.7. The Morgan fingerprint density at radius 2 is 1.72 bits per heavy atom. The molecule has 6 heteroatoms. The summed E-state index contributed by atoms with van der Waals surface area (Å²) in [6.07, 6.45) is 1.01. The van der Waals surface area contributed by atoms with Crippen LogP contribution >= 0.6 is 0 Å². The Balaban J connectivity index is 1.55. The first kappa shape index (κ1) is 17.6. The lowest BCUT2D eigenvalue weighted by Gasteiger charge is -2.35. The highest BCUT2D eigenvalue weighted by Gasteiger charge is 2.19. The van der Waals surface area contributed by atoms with Crippen molar-refractivity contribution in [1.29, 1.82) is 0 Å². The molecule has 2 aromatic heterocycles. The van der Waals surface area contributed by atoms with Crippen LogP contribution in [0, 0.1) is 13.8 Å². The van der Waals surface area contributed by atoms with Crippen molar-refractivity contribution in [1.82, 2.24) is 19.9 Å². The zero-order valence-electron chi connectivity index (χ0n) is 15.7. The molecule has 0 spiro atoms. The molecule has 0 atom stereocenters. The Kier molecular flexibility index (Phi) is 5.48. The van der Waals surface area contributed by atoms with Crippen molar-refractivity contribution in [2.24, 2.45) is 0 Å². The van der Waals surface area contributed by atoms with E-state index in [9.17, 15) is 0 Å². The van der Waals surface area contributed by atoms with Gasteiger partial charge in [0.2, 0.25) is 5.95 Å². The molecule has 6 nitrogen and oxygen atoms in total. The number of anilines is 2. The normalized spacial score (nSPS) is 15.4. The lowest BCUT2D eigenvalue weighted by molar-refractivity contribution is 0.259. The van der Waals surface area contributed by atoms with Crippen LogP contribution in [0.3, 0.4) is 0 Å². The molecule has 134 valence electrons. The van der Waals surface area contributed by atoms with E-state index in [1.807, 2.05) is 45.0 Å². The number of rotatable bonds is 5. The molecule has 2 aromatic rings. The van der Waals surface area contributed by atoms with Gasteiger partial charge in [0.05, 0.1) is 0 Å². The van der Waals surface area contributed by atoms with Gasteiger partial charge in [-0.1, -0.05) is 6.07 Å². The highest BCUT2D eigenvalue weighted by molar-refractivity contribution is 5.45. The fourth-order valence-corrected chi connectivity index (χ4v) is 3.09. The number of pyridine rings is 1. The molecule has 0 unspecified atom stereocenters. The van der Waals surface area contributed by atoms with E-state index in [0.717, 1.165) is 62.3 Å². The van der Waals surface area contributed by atoms with E-state index in [1.165, 1.54) is 5.69 Å². The van der Waals surface area contributed by atoms with Crippen LogP contribution in [0.25, 0.3) is 0 Å². The quantitative estimate of drug-likeness (QED) is 0.829. The number of aromatic nitrogens is 3. The first-order valence-corrected chi connectivity index (χ1v) is 8.94. The van der Waals surface area contributed by atoms with E-state index in [1.54, 1.807) is 0 Å². The van der Waals surface area contributed by atoms with Crippen LogP contribution in [0.5, 0.6) is 0 Å². The second-order valence-electron chi connectivity index (χ2n) is 6.91. The standard InChI is InChI=1S/C19H28N6/c1-15-6-5-7-17(20-15)8-9-24-10-12-25(13-11-24)19-21-16(2)14-18(22-19)23(3)4/h5-7,14H,8-13H2,1-4H3. The Labute approximate surface area is 150 Å². The van der Waals surface area contributed by atoms with E-state index >= 15 is 0 Å². The molecular weight excluding hydrogens is 312 g/mol. The molecule has 3 rings (SSSR count). The number of nitrogens with zero attached hydrogens (tertiary/aromatic N) is 6. The van der Waals surface area contributed by atoms with E-state index in [4.69, 9.17) is 4.98 Å². The summed E-state index contributed by atoms with van der Waals surface area (Å²) in [5, 5.41) is 0. The van der Waals surface area contributed by atoms with Gasteiger partial charge < -0.3 is 9.80 Å². The van der Waals surface area contributed by atoms with Gasteiger partial charge in [0.15, 0.2) is 0 Å². The lowest BCUT2D eigenvalue weighted by atomic mass is 10.2. The lowest BCUT2D eigenvalue weighted by Crippen LogP contribution is -2.47. The first-order chi connectivity index (χ1) is 12.0. The molecule has 0 amide bonds. The maximum absolute atomic E-state index is 4.70. The predicted molar refractivity (Wildman–Crippen MR) is 102 cm³/mol. The summed E-state index contributed by atoms with van der Waals surface area (Å²) in [6.45, 7) is 9.16. The Morgan fingerprint density at radius 3 is 2.40 bits per heavy atom. The molecule has 1 saturated heterocycles. The largest absolute Gasteiger partial charge is 0.363 e. The molecule has 0 N–H and O–H groups in total. The van der Waals surface area contributed by atoms with Crippen LogP contribution < -0.4 is 9.80 Å². The second-order valence-corrected chi connectivity index (χ2v) is 6.91. The Morgan fingerprint density at radius 1 is 0.960 bits per heavy atom. The topological polar surface area (TPSA) is 48.4 Å². The third-order valence-electron chi connectivity index (χ3n) is 4.57. The van der Waals surface area contributed by atoms with Gasteiger partial charge in [-0.15, -0.1) is 0 Å². The Bertz CT molecular complexity index is 707. The number of aryl methyl sites for hydroxylation is 2. The van der Waals surface area contributed by atoms with Crippen molar-refractivity contribution < 1.29 is 0 Å². The average molecular weight is 340 g/mol. The van der Waals surface area contributed by atoms with Crippen LogP contribution in [-0.2, 0) is 6.42 Å². The van der Waals surface area contributed by atoms with Gasteiger partial charge in [-0.2, -0.15) is 4.98 Å². The summed E-state index contributed by atoms with van der Waals surface area (Å²) in [7, 11) is 4.03.